The zero-order chi connectivity index (χ0) is 15.4. The van der Waals surface area contributed by atoms with Crippen molar-refractivity contribution < 1.29 is 5.11 Å². The van der Waals surface area contributed by atoms with Crippen LogP contribution in [0.15, 0.2) is 29.2 Å². The van der Waals surface area contributed by atoms with Crippen molar-refractivity contribution in [1.29, 1.82) is 0 Å². The second kappa shape index (κ2) is 7.34. The van der Waals surface area contributed by atoms with Gasteiger partial charge in [-0.25, -0.2) is 0 Å². The summed E-state index contributed by atoms with van der Waals surface area (Å²) in [5.74, 6) is 0.647. The van der Waals surface area contributed by atoms with Crippen molar-refractivity contribution >= 4 is 23.4 Å². The van der Waals surface area contributed by atoms with E-state index in [1.54, 1.807) is 16.4 Å². The molecule has 1 aromatic carbocycles. The molecule has 1 heterocycles. The Kier molecular flexibility index (Phi) is 5.73. The van der Waals surface area contributed by atoms with E-state index in [0.29, 0.717) is 17.2 Å². The number of aliphatic hydroxyl groups is 1. The van der Waals surface area contributed by atoms with E-state index in [1.165, 1.54) is 10.5 Å². The van der Waals surface area contributed by atoms with Gasteiger partial charge in [-0.15, -0.1) is 11.8 Å². The van der Waals surface area contributed by atoms with Crippen molar-refractivity contribution in [2.45, 2.75) is 37.7 Å². The SMILES string of the molecule is CCc1nn(C)c(CC(O)CSc2ccccc2C)c1Cl. The molecule has 0 aliphatic carbocycles. The highest BCUT2D eigenvalue weighted by Crippen LogP contribution is 2.26. The molecule has 3 nitrogen and oxygen atoms in total. The lowest BCUT2D eigenvalue weighted by atomic mass is 10.2. The van der Waals surface area contributed by atoms with Crippen molar-refractivity contribution in [3.63, 3.8) is 0 Å². The zero-order valence-electron chi connectivity index (χ0n) is 12.6. The number of nitrogens with zero attached hydrogens (tertiary/aromatic N) is 2. The van der Waals surface area contributed by atoms with Crippen LogP contribution in [0.4, 0.5) is 0 Å². The number of thioether (sulfide) groups is 1. The molecule has 1 atom stereocenters. The standard InChI is InChI=1S/C16H21ClN2OS/c1-4-13-16(17)14(19(3)18-13)9-12(20)10-21-15-8-6-5-7-11(15)2/h5-8,12,20H,4,9-10H2,1-3H3. The van der Waals surface area contributed by atoms with Gasteiger partial charge >= 0.3 is 0 Å². The number of hydrogen-bond donors (Lipinski definition) is 1. The van der Waals surface area contributed by atoms with Crippen molar-refractivity contribution in [1.82, 2.24) is 9.78 Å². The quantitative estimate of drug-likeness (QED) is 0.824. The lowest BCUT2D eigenvalue weighted by Gasteiger charge is -2.12. The highest BCUT2D eigenvalue weighted by molar-refractivity contribution is 7.99. The molecule has 0 fully saturated rings. The number of aryl methyl sites for hydroxylation is 3. The smallest absolute Gasteiger partial charge is 0.0850 e. The topological polar surface area (TPSA) is 38.0 Å². The summed E-state index contributed by atoms with van der Waals surface area (Å²) in [7, 11) is 1.88. The normalized spacial score (nSPS) is 12.6. The number of hydrogen-bond acceptors (Lipinski definition) is 3. The van der Waals surface area contributed by atoms with Gasteiger partial charge in [0, 0.05) is 24.1 Å². The van der Waals surface area contributed by atoms with Crippen LogP contribution in [-0.4, -0.2) is 26.7 Å². The van der Waals surface area contributed by atoms with E-state index in [4.69, 9.17) is 11.6 Å². The molecule has 1 aromatic heterocycles. The molecular weight excluding hydrogens is 304 g/mol. The zero-order valence-corrected chi connectivity index (χ0v) is 14.2. The molecule has 5 heteroatoms. The van der Waals surface area contributed by atoms with Gasteiger partial charge in [-0.1, -0.05) is 36.7 Å². The summed E-state index contributed by atoms with van der Waals surface area (Å²) in [5, 5.41) is 15.3. The Labute approximate surface area is 135 Å². The minimum atomic E-state index is -0.438. The minimum Gasteiger partial charge on any atom is -0.392 e. The van der Waals surface area contributed by atoms with E-state index >= 15 is 0 Å². The fourth-order valence-electron chi connectivity index (χ4n) is 2.23. The largest absolute Gasteiger partial charge is 0.392 e. The predicted molar refractivity (Wildman–Crippen MR) is 89.2 cm³/mol. The van der Waals surface area contributed by atoms with Crippen LogP contribution in [0, 0.1) is 6.92 Å². The molecule has 0 radical (unpaired) electrons. The molecule has 0 saturated heterocycles. The summed E-state index contributed by atoms with van der Waals surface area (Å²) in [6, 6.07) is 8.21. The van der Waals surface area contributed by atoms with Crippen LogP contribution in [0.1, 0.15) is 23.9 Å². The first-order valence-electron chi connectivity index (χ1n) is 7.09. The third-order valence-electron chi connectivity index (χ3n) is 3.46. The predicted octanol–water partition coefficient (Wildman–Crippen LogP) is 3.64. The molecule has 0 bridgehead atoms. The summed E-state index contributed by atoms with van der Waals surface area (Å²) in [6.45, 7) is 4.11. The van der Waals surface area contributed by atoms with Crippen LogP contribution in [0.3, 0.4) is 0 Å². The maximum Gasteiger partial charge on any atom is 0.0850 e. The Bertz CT molecular complexity index is 612. The third-order valence-corrected chi connectivity index (χ3v) is 5.21. The van der Waals surface area contributed by atoms with Gasteiger partial charge in [0.25, 0.3) is 0 Å². The first kappa shape index (κ1) is 16.4. The molecule has 21 heavy (non-hydrogen) atoms. The Balaban J connectivity index is 1.98. The molecule has 0 amide bonds. The van der Waals surface area contributed by atoms with E-state index in [9.17, 15) is 5.11 Å². The lowest BCUT2D eigenvalue weighted by Crippen LogP contribution is -2.16. The molecule has 0 saturated carbocycles. The van der Waals surface area contributed by atoms with E-state index in [-0.39, 0.29) is 0 Å². The molecule has 0 aliphatic rings. The Morgan fingerprint density at radius 1 is 1.38 bits per heavy atom. The molecule has 0 aliphatic heterocycles. The van der Waals surface area contributed by atoms with Gasteiger partial charge in [0.15, 0.2) is 0 Å². The fourth-order valence-corrected chi connectivity index (χ4v) is 3.56. The number of benzene rings is 1. The van der Waals surface area contributed by atoms with Gasteiger partial charge in [-0.3, -0.25) is 4.68 Å². The van der Waals surface area contributed by atoms with Gasteiger partial charge in [0.05, 0.1) is 22.5 Å². The maximum atomic E-state index is 10.3. The van der Waals surface area contributed by atoms with Crippen molar-refractivity contribution in [3.05, 3.63) is 46.2 Å². The summed E-state index contributed by atoms with van der Waals surface area (Å²) in [5.41, 5.74) is 3.04. The molecular formula is C16H21ClN2OS. The Morgan fingerprint density at radius 2 is 2.10 bits per heavy atom. The first-order chi connectivity index (χ1) is 10.0. The second-order valence-electron chi connectivity index (χ2n) is 5.12. The van der Waals surface area contributed by atoms with E-state index in [2.05, 4.69) is 24.2 Å². The molecule has 114 valence electrons. The Morgan fingerprint density at radius 3 is 2.71 bits per heavy atom. The average molecular weight is 325 g/mol. The van der Waals surface area contributed by atoms with Crippen LogP contribution < -0.4 is 0 Å². The molecule has 2 aromatic rings. The number of rotatable bonds is 6. The highest BCUT2D eigenvalue weighted by Gasteiger charge is 2.17. The molecule has 0 spiro atoms. The van der Waals surface area contributed by atoms with Crippen molar-refractivity contribution in [3.8, 4) is 0 Å². The van der Waals surface area contributed by atoms with Crippen molar-refractivity contribution in [2.75, 3.05) is 5.75 Å². The second-order valence-corrected chi connectivity index (χ2v) is 6.56. The highest BCUT2D eigenvalue weighted by atomic mass is 35.5. The fraction of sp³-hybridized carbons (Fsp3) is 0.438. The lowest BCUT2D eigenvalue weighted by molar-refractivity contribution is 0.197. The van der Waals surface area contributed by atoms with E-state index in [1.807, 2.05) is 26.1 Å². The van der Waals surface area contributed by atoms with Crippen molar-refractivity contribution in [2.24, 2.45) is 7.05 Å². The summed E-state index contributed by atoms with van der Waals surface area (Å²) in [4.78, 5) is 1.21. The van der Waals surface area contributed by atoms with Gasteiger partial charge in [0.2, 0.25) is 0 Å². The molecule has 2 rings (SSSR count). The van der Waals surface area contributed by atoms with Crippen LogP contribution >= 0.6 is 23.4 Å². The third kappa shape index (κ3) is 4.02. The van der Waals surface area contributed by atoms with E-state index < -0.39 is 6.10 Å². The monoisotopic (exact) mass is 324 g/mol. The number of halogens is 1. The maximum absolute atomic E-state index is 10.3. The first-order valence-corrected chi connectivity index (χ1v) is 8.46. The van der Waals surface area contributed by atoms with Gasteiger partial charge in [0.1, 0.15) is 0 Å². The van der Waals surface area contributed by atoms with Crippen LogP contribution in [0.2, 0.25) is 5.02 Å². The average Bonchev–Trinajstić information content (AvgIpc) is 2.74. The summed E-state index contributed by atoms with van der Waals surface area (Å²) < 4.78 is 1.78. The number of aromatic nitrogens is 2. The minimum absolute atomic E-state index is 0.438. The van der Waals surface area contributed by atoms with Crippen LogP contribution in [0.25, 0.3) is 0 Å². The Hall–Kier alpha value is -0.970. The van der Waals surface area contributed by atoms with Crippen LogP contribution in [-0.2, 0) is 19.9 Å². The number of aliphatic hydroxyl groups excluding tert-OH is 1. The molecule has 1 N–H and O–H groups in total. The molecule has 1 unspecified atom stereocenters. The van der Waals surface area contributed by atoms with Gasteiger partial charge < -0.3 is 5.11 Å². The van der Waals surface area contributed by atoms with Gasteiger partial charge in [-0.05, 0) is 25.0 Å². The van der Waals surface area contributed by atoms with Gasteiger partial charge in [-0.2, -0.15) is 5.10 Å². The van der Waals surface area contributed by atoms with E-state index in [0.717, 1.165) is 17.8 Å². The summed E-state index contributed by atoms with van der Waals surface area (Å²) >= 11 is 7.99. The summed E-state index contributed by atoms with van der Waals surface area (Å²) in [6.07, 6.45) is 0.897. The van der Waals surface area contributed by atoms with Crippen LogP contribution in [0.5, 0.6) is 0 Å².